The topological polar surface area (TPSA) is 33.1 Å². The van der Waals surface area contributed by atoms with Crippen molar-refractivity contribution in [2.24, 2.45) is 0 Å². The third kappa shape index (κ3) is 3.41. The molecule has 20 heavy (non-hydrogen) atoms. The standard InChI is InChI=1S/C16H30N4/c1-6-19(15-8-9-15)11-10-17-12(3)16-13(4)18-20(7-2)14(16)5/h12,15,17H,6-11H2,1-5H3. The van der Waals surface area contributed by atoms with Gasteiger partial charge in [-0.15, -0.1) is 0 Å². The number of nitrogens with zero attached hydrogens (tertiary/aromatic N) is 3. The molecule has 0 saturated heterocycles. The van der Waals surface area contributed by atoms with Crippen LogP contribution in [0.3, 0.4) is 0 Å². The molecular weight excluding hydrogens is 248 g/mol. The molecule has 0 spiro atoms. The molecule has 4 nitrogen and oxygen atoms in total. The molecule has 1 aromatic rings. The second-order valence-corrected chi connectivity index (χ2v) is 5.94. The molecule has 1 saturated carbocycles. The van der Waals surface area contributed by atoms with Gasteiger partial charge in [-0.2, -0.15) is 5.10 Å². The lowest BCUT2D eigenvalue weighted by Crippen LogP contribution is -2.34. The van der Waals surface area contributed by atoms with Crippen LogP contribution in [-0.2, 0) is 6.54 Å². The molecule has 1 N–H and O–H groups in total. The van der Waals surface area contributed by atoms with Crippen LogP contribution >= 0.6 is 0 Å². The maximum absolute atomic E-state index is 4.61. The Kier molecular flexibility index (Phi) is 5.22. The lowest BCUT2D eigenvalue weighted by molar-refractivity contribution is 0.273. The van der Waals surface area contributed by atoms with Crippen molar-refractivity contribution in [3.63, 3.8) is 0 Å². The van der Waals surface area contributed by atoms with Crippen molar-refractivity contribution in [2.75, 3.05) is 19.6 Å². The van der Waals surface area contributed by atoms with E-state index in [0.29, 0.717) is 6.04 Å². The molecule has 0 aromatic carbocycles. The van der Waals surface area contributed by atoms with E-state index in [1.165, 1.54) is 36.3 Å². The third-order valence-corrected chi connectivity index (χ3v) is 4.49. The van der Waals surface area contributed by atoms with Crippen molar-refractivity contribution < 1.29 is 0 Å². The third-order valence-electron chi connectivity index (χ3n) is 4.49. The van der Waals surface area contributed by atoms with Gasteiger partial charge in [-0.05, 0) is 47.1 Å². The average Bonchev–Trinajstić information content (AvgIpc) is 3.21. The summed E-state index contributed by atoms with van der Waals surface area (Å²) in [7, 11) is 0. The van der Waals surface area contributed by atoms with Crippen LogP contribution in [0, 0.1) is 13.8 Å². The number of rotatable bonds is 8. The van der Waals surface area contributed by atoms with Crippen molar-refractivity contribution >= 4 is 0 Å². The van der Waals surface area contributed by atoms with Crippen LogP contribution in [0.5, 0.6) is 0 Å². The molecule has 0 bridgehead atoms. The Morgan fingerprint density at radius 2 is 2.05 bits per heavy atom. The summed E-state index contributed by atoms with van der Waals surface area (Å²) in [5.74, 6) is 0. The Hall–Kier alpha value is -0.870. The molecule has 4 heteroatoms. The van der Waals surface area contributed by atoms with Crippen LogP contribution in [0.15, 0.2) is 0 Å². The van der Waals surface area contributed by atoms with Crippen LogP contribution < -0.4 is 5.32 Å². The fraction of sp³-hybridized carbons (Fsp3) is 0.812. The van der Waals surface area contributed by atoms with E-state index < -0.39 is 0 Å². The van der Waals surface area contributed by atoms with Gasteiger partial charge in [0.05, 0.1) is 5.69 Å². The Morgan fingerprint density at radius 3 is 2.55 bits per heavy atom. The fourth-order valence-electron chi connectivity index (χ4n) is 3.21. The molecule has 0 amide bonds. The Morgan fingerprint density at radius 1 is 1.35 bits per heavy atom. The molecule has 1 fully saturated rings. The van der Waals surface area contributed by atoms with Crippen molar-refractivity contribution in [3.05, 3.63) is 17.0 Å². The molecular formula is C16H30N4. The highest BCUT2D eigenvalue weighted by molar-refractivity contribution is 5.27. The largest absolute Gasteiger partial charge is 0.309 e. The van der Waals surface area contributed by atoms with Gasteiger partial charge in [0, 0.05) is 43.0 Å². The number of likely N-dealkylation sites (N-methyl/N-ethyl adjacent to an activating group) is 1. The van der Waals surface area contributed by atoms with Gasteiger partial charge < -0.3 is 5.32 Å². The number of aryl methyl sites for hydroxylation is 2. The Bertz CT molecular complexity index is 434. The van der Waals surface area contributed by atoms with E-state index in [1.54, 1.807) is 0 Å². The normalized spacial score (nSPS) is 16.9. The molecule has 1 aliphatic rings. The smallest absolute Gasteiger partial charge is 0.0644 e. The van der Waals surface area contributed by atoms with E-state index in [2.05, 4.69) is 54.6 Å². The van der Waals surface area contributed by atoms with Crippen LogP contribution in [0.2, 0.25) is 0 Å². The van der Waals surface area contributed by atoms with Gasteiger partial charge in [-0.25, -0.2) is 0 Å². The summed E-state index contributed by atoms with van der Waals surface area (Å²) in [6.45, 7) is 15.3. The van der Waals surface area contributed by atoms with Gasteiger partial charge in [0.2, 0.25) is 0 Å². The second-order valence-electron chi connectivity index (χ2n) is 5.94. The quantitative estimate of drug-likeness (QED) is 0.793. The summed E-state index contributed by atoms with van der Waals surface area (Å²) < 4.78 is 2.10. The number of nitrogens with one attached hydrogen (secondary N) is 1. The van der Waals surface area contributed by atoms with E-state index in [9.17, 15) is 0 Å². The minimum absolute atomic E-state index is 0.383. The first-order valence-corrected chi connectivity index (χ1v) is 8.09. The van der Waals surface area contributed by atoms with E-state index in [1.807, 2.05) is 0 Å². The van der Waals surface area contributed by atoms with Crippen molar-refractivity contribution in [2.45, 2.75) is 66.1 Å². The van der Waals surface area contributed by atoms with Gasteiger partial charge in [-0.1, -0.05) is 6.92 Å². The number of hydrogen-bond donors (Lipinski definition) is 1. The summed E-state index contributed by atoms with van der Waals surface area (Å²) in [6.07, 6.45) is 2.79. The lowest BCUT2D eigenvalue weighted by atomic mass is 10.1. The maximum atomic E-state index is 4.61. The molecule has 0 radical (unpaired) electrons. The summed E-state index contributed by atoms with van der Waals surface area (Å²) in [6, 6.07) is 1.25. The van der Waals surface area contributed by atoms with E-state index >= 15 is 0 Å². The van der Waals surface area contributed by atoms with Crippen molar-refractivity contribution in [1.82, 2.24) is 20.0 Å². The summed E-state index contributed by atoms with van der Waals surface area (Å²) in [4.78, 5) is 2.59. The van der Waals surface area contributed by atoms with Gasteiger partial charge in [0.25, 0.3) is 0 Å². The first-order chi connectivity index (χ1) is 9.58. The molecule has 1 atom stereocenters. The molecule has 1 unspecified atom stereocenters. The molecule has 1 aliphatic carbocycles. The Labute approximate surface area is 123 Å². The predicted octanol–water partition coefficient (Wildman–Crippen LogP) is 2.65. The molecule has 1 aromatic heterocycles. The van der Waals surface area contributed by atoms with E-state index in [4.69, 9.17) is 0 Å². The molecule has 0 aliphatic heterocycles. The molecule has 2 rings (SSSR count). The minimum atomic E-state index is 0.383. The monoisotopic (exact) mass is 278 g/mol. The lowest BCUT2D eigenvalue weighted by Gasteiger charge is -2.22. The second kappa shape index (κ2) is 6.72. The van der Waals surface area contributed by atoms with Gasteiger partial charge in [0.15, 0.2) is 0 Å². The van der Waals surface area contributed by atoms with Gasteiger partial charge in [-0.3, -0.25) is 9.58 Å². The van der Waals surface area contributed by atoms with Gasteiger partial charge in [0.1, 0.15) is 0 Å². The van der Waals surface area contributed by atoms with Crippen LogP contribution in [-0.4, -0.2) is 40.4 Å². The first-order valence-electron chi connectivity index (χ1n) is 8.09. The summed E-state index contributed by atoms with van der Waals surface area (Å²) in [5, 5.41) is 8.28. The van der Waals surface area contributed by atoms with Crippen LogP contribution in [0.1, 0.15) is 56.6 Å². The molecule has 114 valence electrons. The summed E-state index contributed by atoms with van der Waals surface area (Å²) in [5.41, 5.74) is 3.85. The highest BCUT2D eigenvalue weighted by atomic mass is 15.3. The highest BCUT2D eigenvalue weighted by Crippen LogP contribution is 2.26. The highest BCUT2D eigenvalue weighted by Gasteiger charge is 2.27. The van der Waals surface area contributed by atoms with Crippen LogP contribution in [0.25, 0.3) is 0 Å². The van der Waals surface area contributed by atoms with Crippen molar-refractivity contribution in [1.29, 1.82) is 0 Å². The zero-order valence-corrected chi connectivity index (χ0v) is 13.7. The minimum Gasteiger partial charge on any atom is -0.309 e. The van der Waals surface area contributed by atoms with Gasteiger partial charge >= 0.3 is 0 Å². The van der Waals surface area contributed by atoms with E-state index in [0.717, 1.165) is 25.7 Å². The predicted molar refractivity (Wildman–Crippen MR) is 84.1 cm³/mol. The van der Waals surface area contributed by atoms with Crippen LogP contribution in [0.4, 0.5) is 0 Å². The first kappa shape index (κ1) is 15.5. The number of hydrogen-bond acceptors (Lipinski definition) is 3. The summed E-state index contributed by atoms with van der Waals surface area (Å²) >= 11 is 0. The van der Waals surface area contributed by atoms with Crippen molar-refractivity contribution in [3.8, 4) is 0 Å². The average molecular weight is 278 g/mol. The number of aromatic nitrogens is 2. The maximum Gasteiger partial charge on any atom is 0.0644 e. The zero-order valence-electron chi connectivity index (χ0n) is 13.7. The Balaban J connectivity index is 1.88. The zero-order chi connectivity index (χ0) is 14.7. The fourth-order valence-corrected chi connectivity index (χ4v) is 3.21. The SMILES string of the molecule is CCN(CCNC(C)c1c(C)nn(CC)c1C)C1CC1. The molecule has 1 heterocycles. The van der Waals surface area contributed by atoms with E-state index in [-0.39, 0.29) is 0 Å².